The molecule has 0 unspecified atom stereocenters. The van der Waals surface area contributed by atoms with Crippen molar-refractivity contribution < 1.29 is 14.0 Å². The number of thiocarbonyl (C=S) groups is 1. The third kappa shape index (κ3) is 6.34. The number of amides is 2. The summed E-state index contributed by atoms with van der Waals surface area (Å²) in [5, 5.41) is 8.60. The summed E-state index contributed by atoms with van der Waals surface area (Å²) in [5.41, 5.74) is 1.06. The fourth-order valence-corrected chi connectivity index (χ4v) is 2.38. The van der Waals surface area contributed by atoms with Gasteiger partial charge in [-0.3, -0.25) is 14.9 Å². The Morgan fingerprint density at radius 1 is 1.27 bits per heavy atom. The van der Waals surface area contributed by atoms with E-state index in [1.165, 1.54) is 18.4 Å². The number of hydrogen-bond acceptors (Lipinski definition) is 4. The lowest BCUT2D eigenvalue weighted by molar-refractivity contribution is -0.116. The third-order valence-electron chi connectivity index (χ3n) is 3.15. The molecule has 8 heteroatoms. The molecule has 0 radical (unpaired) electrons. The minimum atomic E-state index is -0.414. The van der Waals surface area contributed by atoms with Crippen molar-refractivity contribution in [3.05, 3.63) is 53.5 Å². The molecular weight excluding hydrogens is 374 g/mol. The zero-order valence-corrected chi connectivity index (χ0v) is 15.6. The molecule has 1 aromatic carbocycles. The highest BCUT2D eigenvalue weighted by molar-refractivity contribution is 7.80. The van der Waals surface area contributed by atoms with Crippen molar-refractivity contribution in [3.8, 4) is 0 Å². The Hall–Kier alpha value is -2.64. The number of hydrogen-bond donors (Lipinski definition) is 3. The minimum Gasteiger partial charge on any atom is -0.465 e. The SMILES string of the molecule is CCCC(=O)Nc1ccc(Cl)c(NC(=S)NC(=O)C=Cc2ccco2)c1. The summed E-state index contributed by atoms with van der Waals surface area (Å²) in [7, 11) is 0. The van der Waals surface area contributed by atoms with Crippen LogP contribution in [-0.2, 0) is 9.59 Å². The average Bonchev–Trinajstić information content (AvgIpc) is 3.09. The van der Waals surface area contributed by atoms with Crippen LogP contribution in [-0.4, -0.2) is 16.9 Å². The van der Waals surface area contributed by atoms with Crippen LogP contribution in [0.4, 0.5) is 11.4 Å². The molecule has 0 fully saturated rings. The predicted molar refractivity (Wildman–Crippen MR) is 107 cm³/mol. The zero-order chi connectivity index (χ0) is 18.9. The Bertz CT molecular complexity index is 819. The van der Waals surface area contributed by atoms with Gasteiger partial charge in [0.2, 0.25) is 11.8 Å². The van der Waals surface area contributed by atoms with Crippen molar-refractivity contribution in [1.82, 2.24) is 5.32 Å². The molecule has 0 saturated heterocycles. The summed E-state index contributed by atoms with van der Waals surface area (Å²) < 4.78 is 5.10. The highest BCUT2D eigenvalue weighted by Gasteiger charge is 2.08. The van der Waals surface area contributed by atoms with E-state index in [1.807, 2.05) is 6.92 Å². The molecule has 0 atom stereocenters. The molecule has 0 aliphatic carbocycles. The van der Waals surface area contributed by atoms with Gasteiger partial charge in [-0.2, -0.15) is 0 Å². The van der Waals surface area contributed by atoms with Crippen molar-refractivity contribution in [2.75, 3.05) is 10.6 Å². The van der Waals surface area contributed by atoms with Gasteiger partial charge in [0.1, 0.15) is 5.76 Å². The lowest BCUT2D eigenvalue weighted by Crippen LogP contribution is -2.32. The molecule has 3 N–H and O–H groups in total. The van der Waals surface area contributed by atoms with Crippen LogP contribution in [0.1, 0.15) is 25.5 Å². The van der Waals surface area contributed by atoms with Crippen LogP contribution < -0.4 is 16.0 Å². The van der Waals surface area contributed by atoms with E-state index in [9.17, 15) is 9.59 Å². The molecule has 1 heterocycles. The summed E-state index contributed by atoms with van der Waals surface area (Å²) in [6, 6.07) is 8.41. The molecule has 0 bridgehead atoms. The van der Waals surface area contributed by atoms with E-state index in [0.29, 0.717) is 28.6 Å². The highest BCUT2D eigenvalue weighted by Crippen LogP contribution is 2.25. The van der Waals surface area contributed by atoms with Gasteiger partial charge in [0.15, 0.2) is 5.11 Å². The smallest absolute Gasteiger partial charge is 0.250 e. The number of anilines is 2. The number of halogens is 1. The summed E-state index contributed by atoms with van der Waals surface area (Å²) in [4.78, 5) is 23.5. The minimum absolute atomic E-state index is 0.0815. The monoisotopic (exact) mass is 391 g/mol. The first-order valence-electron chi connectivity index (χ1n) is 7.91. The number of furan rings is 1. The first-order chi connectivity index (χ1) is 12.5. The molecule has 2 rings (SSSR count). The van der Waals surface area contributed by atoms with Gasteiger partial charge < -0.3 is 15.1 Å². The van der Waals surface area contributed by atoms with Gasteiger partial charge in [-0.1, -0.05) is 18.5 Å². The maximum Gasteiger partial charge on any atom is 0.250 e. The van der Waals surface area contributed by atoms with Crippen molar-refractivity contribution in [2.24, 2.45) is 0 Å². The van der Waals surface area contributed by atoms with Crippen LogP contribution in [0.2, 0.25) is 5.02 Å². The molecule has 0 aliphatic rings. The van der Waals surface area contributed by atoms with E-state index in [0.717, 1.165) is 6.42 Å². The lowest BCUT2D eigenvalue weighted by Gasteiger charge is -2.12. The van der Waals surface area contributed by atoms with Crippen LogP contribution >= 0.6 is 23.8 Å². The lowest BCUT2D eigenvalue weighted by atomic mass is 10.2. The van der Waals surface area contributed by atoms with Crippen LogP contribution in [0.15, 0.2) is 47.1 Å². The van der Waals surface area contributed by atoms with Gasteiger partial charge in [0, 0.05) is 18.2 Å². The summed E-state index contributed by atoms with van der Waals surface area (Å²) in [6.07, 6.45) is 5.52. The Morgan fingerprint density at radius 2 is 2.08 bits per heavy atom. The summed E-state index contributed by atoms with van der Waals surface area (Å²) in [5.74, 6) is 0.0553. The number of carbonyl (C=O) groups excluding carboxylic acids is 2. The molecule has 0 aliphatic heterocycles. The van der Waals surface area contributed by atoms with E-state index in [4.69, 9.17) is 28.2 Å². The van der Waals surface area contributed by atoms with Crippen molar-refractivity contribution in [1.29, 1.82) is 0 Å². The maximum atomic E-state index is 11.9. The highest BCUT2D eigenvalue weighted by atomic mass is 35.5. The molecule has 2 aromatic rings. The first-order valence-corrected chi connectivity index (χ1v) is 8.69. The molecule has 136 valence electrons. The normalized spacial score (nSPS) is 10.5. The Balaban J connectivity index is 1.95. The van der Waals surface area contributed by atoms with Crippen molar-refractivity contribution in [3.63, 3.8) is 0 Å². The predicted octanol–water partition coefficient (Wildman–Crippen LogP) is 4.20. The fraction of sp³-hybridized carbons (Fsp3) is 0.167. The van der Waals surface area contributed by atoms with E-state index in [2.05, 4.69) is 16.0 Å². The number of carbonyl (C=O) groups is 2. The van der Waals surface area contributed by atoms with E-state index < -0.39 is 5.91 Å². The molecule has 6 nitrogen and oxygen atoms in total. The third-order valence-corrected chi connectivity index (χ3v) is 3.69. The average molecular weight is 392 g/mol. The van der Waals surface area contributed by atoms with E-state index >= 15 is 0 Å². The molecule has 26 heavy (non-hydrogen) atoms. The van der Waals surface area contributed by atoms with Gasteiger partial charge in [0.25, 0.3) is 0 Å². The number of nitrogens with one attached hydrogen (secondary N) is 3. The standard InChI is InChI=1S/C18H18ClN3O3S/c1-2-4-16(23)20-12-6-8-14(19)15(11-12)21-18(26)22-17(24)9-7-13-5-3-10-25-13/h3,5-11H,2,4H2,1H3,(H,20,23)(H2,21,22,24,26). The Morgan fingerprint density at radius 3 is 2.77 bits per heavy atom. The Kier molecular flexibility index (Phi) is 7.37. The van der Waals surface area contributed by atoms with Gasteiger partial charge >= 0.3 is 0 Å². The first kappa shape index (κ1) is 19.7. The largest absolute Gasteiger partial charge is 0.465 e. The topological polar surface area (TPSA) is 83.4 Å². The second kappa shape index (κ2) is 9.74. The maximum absolute atomic E-state index is 11.9. The van der Waals surface area contributed by atoms with Crippen molar-refractivity contribution >= 4 is 58.2 Å². The summed E-state index contributed by atoms with van der Waals surface area (Å²) in [6.45, 7) is 1.93. The molecular formula is C18H18ClN3O3S. The van der Waals surface area contributed by atoms with Crippen LogP contribution in [0.3, 0.4) is 0 Å². The van der Waals surface area contributed by atoms with Crippen LogP contribution in [0, 0.1) is 0 Å². The molecule has 0 spiro atoms. The quantitative estimate of drug-likeness (QED) is 0.507. The van der Waals surface area contributed by atoms with Gasteiger partial charge in [-0.15, -0.1) is 0 Å². The summed E-state index contributed by atoms with van der Waals surface area (Å²) >= 11 is 11.2. The fourth-order valence-electron chi connectivity index (χ4n) is 2.00. The second-order valence-corrected chi connectivity index (χ2v) is 6.10. The second-order valence-electron chi connectivity index (χ2n) is 5.28. The molecule has 0 saturated carbocycles. The Labute approximate surface area is 161 Å². The van der Waals surface area contributed by atoms with E-state index in [-0.39, 0.29) is 11.0 Å². The zero-order valence-electron chi connectivity index (χ0n) is 14.0. The van der Waals surface area contributed by atoms with Crippen molar-refractivity contribution in [2.45, 2.75) is 19.8 Å². The van der Waals surface area contributed by atoms with Gasteiger partial charge in [-0.25, -0.2) is 0 Å². The van der Waals surface area contributed by atoms with Crippen LogP contribution in [0.25, 0.3) is 6.08 Å². The van der Waals surface area contributed by atoms with Crippen LogP contribution in [0.5, 0.6) is 0 Å². The molecule has 2 amide bonds. The number of benzene rings is 1. The number of rotatable bonds is 6. The molecule has 1 aromatic heterocycles. The van der Waals surface area contributed by atoms with Gasteiger partial charge in [-0.05, 0) is 55.0 Å². The van der Waals surface area contributed by atoms with Gasteiger partial charge in [0.05, 0.1) is 17.0 Å². The van der Waals surface area contributed by atoms with E-state index in [1.54, 1.807) is 30.3 Å².